The van der Waals surface area contributed by atoms with E-state index in [1.165, 1.54) is 16.2 Å². The van der Waals surface area contributed by atoms with Crippen LogP contribution >= 0.6 is 11.3 Å². The summed E-state index contributed by atoms with van der Waals surface area (Å²) in [6.07, 6.45) is 1.63. The predicted octanol–water partition coefficient (Wildman–Crippen LogP) is 2.85. The van der Waals surface area contributed by atoms with Gasteiger partial charge in [-0.05, 0) is 23.6 Å². The van der Waals surface area contributed by atoms with Crippen LogP contribution in [-0.2, 0) is 9.53 Å². The second-order valence-electron chi connectivity index (χ2n) is 5.51. The molecule has 3 aromatic rings. The second-order valence-corrected chi connectivity index (χ2v) is 6.46. The molecule has 2 heterocycles. The molecule has 0 aliphatic carbocycles. The van der Waals surface area contributed by atoms with Crippen LogP contribution in [0.25, 0.3) is 16.3 Å². The third kappa shape index (κ3) is 3.77. The van der Waals surface area contributed by atoms with E-state index < -0.39 is 5.97 Å². The van der Waals surface area contributed by atoms with E-state index in [2.05, 4.69) is 5.10 Å². The van der Waals surface area contributed by atoms with Crippen LogP contribution in [0, 0.1) is 0 Å². The molecule has 128 valence electrons. The number of thiophene rings is 1. The zero-order chi connectivity index (χ0) is 17.8. The summed E-state index contributed by atoms with van der Waals surface area (Å²) in [7, 11) is 3.22. The van der Waals surface area contributed by atoms with Crippen molar-refractivity contribution in [2.24, 2.45) is 0 Å². The van der Waals surface area contributed by atoms with Gasteiger partial charge in [-0.2, -0.15) is 5.10 Å². The highest BCUT2D eigenvalue weighted by molar-refractivity contribution is 7.13. The van der Waals surface area contributed by atoms with Crippen LogP contribution in [0.15, 0.2) is 54.0 Å². The number of hydrogen-bond acceptors (Lipinski definition) is 5. The number of para-hydroxylation sites is 1. The highest BCUT2D eigenvalue weighted by Gasteiger charge is 2.21. The molecule has 3 rings (SSSR count). The van der Waals surface area contributed by atoms with Gasteiger partial charge in [0.1, 0.15) is 11.3 Å². The van der Waals surface area contributed by atoms with Gasteiger partial charge in [0, 0.05) is 20.3 Å². The van der Waals surface area contributed by atoms with E-state index in [4.69, 9.17) is 4.74 Å². The van der Waals surface area contributed by atoms with Crippen molar-refractivity contribution < 1.29 is 14.3 Å². The van der Waals surface area contributed by atoms with Crippen LogP contribution < -0.4 is 0 Å². The van der Waals surface area contributed by atoms with Gasteiger partial charge in [0.15, 0.2) is 6.61 Å². The van der Waals surface area contributed by atoms with E-state index in [1.807, 2.05) is 47.8 Å². The monoisotopic (exact) mass is 355 g/mol. The Hall–Kier alpha value is -2.93. The summed E-state index contributed by atoms with van der Waals surface area (Å²) in [5.41, 5.74) is 1.71. The molecule has 0 aliphatic heterocycles. The van der Waals surface area contributed by atoms with Gasteiger partial charge >= 0.3 is 5.97 Å². The lowest BCUT2D eigenvalue weighted by Gasteiger charge is -2.10. The van der Waals surface area contributed by atoms with Crippen molar-refractivity contribution in [3.05, 3.63) is 59.6 Å². The van der Waals surface area contributed by atoms with E-state index in [0.717, 1.165) is 10.6 Å². The molecule has 0 radical (unpaired) electrons. The van der Waals surface area contributed by atoms with Crippen LogP contribution in [-0.4, -0.2) is 47.3 Å². The summed E-state index contributed by atoms with van der Waals surface area (Å²) < 4.78 is 6.80. The Kier molecular flexibility index (Phi) is 4.95. The topological polar surface area (TPSA) is 64.4 Å². The number of esters is 1. The first-order chi connectivity index (χ1) is 12.1. The summed E-state index contributed by atoms with van der Waals surface area (Å²) in [6.45, 7) is -0.299. The Labute approximate surface area is 149 Å². The minimum atomic E-state index is -0.569. The molecule has 0 spiro atoms. The number of rotatable bonds is 5. The summed E-state index contributed by atoms with van der Waals surface area (Å²) >= 11 is 1.49. The molecule has 0 fully saturated rings. The fourth-order valence-corrected chi connectivity index (χ4v) is 2.89. The third-order valence-corrected chi connectivity index (χ3v) is 4.41. The maximum atomic E-state index is 12.5. The molecular formula is C18H17N3O3S. The Morgan fingerprint density at radius 2 is 1.92 bits per heavy atom. The average molecular weight is 355 g/mol. The van der Waals surface area contributed by atoms with Crippen LogP contribution in [0.4, 0.5) is 0 Å². The molecule has 1 amide bonds. The molecule has 0 saturated carbocycles. The first kappa shape index (κ1) is 16.9. The molecule has 25 heavy (non-hydrogen) atoms. The Morgan fingerprint density at radius 3 is 2.56 bits per heavy atom. The maximum Gasteiger partial charge on any atom is 0.342 e. The number of carbonyl (C=O) groups excluding carboxylic acids is 2. The average Bonchev–Trinajstić information content (AvgIpc) is 3.29. The van der Waals surface area contributed by atoms with Gasteiger partial charge < -0.3 is 9.64 Å². The van der Waals surface area contributed by atoms with Crippen LogP contribution in [0.2, 0.25) is 0 Å². The number of ether oxygens (including phenoxy) is 1. The lowest BCUT2D eigenvalue weighted by molar-refractivity contribution is -0.131. The Morgan fingerprint density at radius 1 is 1.16 bits per heavy atom. The van der Waals surface area contributed by atoms with Crippen molar-refractivity contribution in [1.29, 1.82) is 0 Å². The van der Waals surface area contributed by atoms with Gasteiger partial charge in [-0.25, -0.2) is 9.48 Å². The van der Waals surface area contributed by atoms with Crippen molar-refractivity contribution >= 4 is 23.2 Å². The number of aromatic nitrogens is 2. The number of likely N-dealkylation sites (N-methyl/N-ethyl adjacent to an activating group) is 1. The normalized spacial score (nSPS) is 10.5. The zero-order valence-corrected chi connectivity index (χ0v) is 14.7. The molecule has 0 bridgehead atoms. The lowest BCUT2D eigenvalue weighted by Crippen LogP contribution is -2.27. The molecule has 0 N–H and O–H groups in total. The Balaban J connectivity index is 1.93. The number of hydrogen-bond donors (Lipinski definition) is 0. The van der Waals surface area contributed by atoms with E-state index in [9.17, 15) is 9.59 Å². The van der Waals surface area contributed by atoms with Crippen molar-refractivity contribution in [3.63, 3.8) is 0 Å². The van der Waals surface area contributed by atoms with Gasteiger partial charge in [0.25, 0.3) is 5.91 Å². The number of amides is 1. The quantitative estimate of drug-likeness (QED) is 0.660. The fourth-order valence-electron chi connectivity index (χ4n) is 2.17. The summed E-state index contributed by atoms with van der Waals surface area (Å²) in [4.78, 5) is 26.4. The first-order valence-electron chi connectivity index (χ1n) is 7.62. The molecule has 0 unspecified atom stereocenters. The largest absolute Gasteiger partial charge is 0.452 e. The zero-order valence-electron chi connectivity index (χ0n) is 13.9. The molecule has 6 nitrogen and oxygen atoms in total. The van der Waals surface area contributed by atoms with E-state index in [-0.39, 0.29) is 12.5 Å². The standard InChI is InChI=1S/C18H17N3O3S/c1-20(2)16(22)12-24-18(23)14-11-21(13-7-4-3-5-8-13)19-17(14)15-9-6-10-25-15/h3-11H,12H2,1-2H3. The van der Waals surface area contributed by atoms with Crippen LogP contribution in [0.1, 0.15) is 10.4 Å². The third-order valence-electron chi connectivity index (χ3n) is 3.53. The van der Waals surface area contributed by atoms with Crippen molar-refractivity contribution in [1.82, 2.24) is 14.7 Å². The molecular weight excluding hydrogens is 338 g/mol. The van der Waals surface area contributed by atoms with Crippen LogP contribution in [0.3, 0.4) is 0 Å². The van der Waals surface area contributed by atoms with Crippen LogP contribution in [0.5, 0.6) is 0 Å². The first-order valence-corrected chi connectivity index (χ1v) is 8.50. The van der Waals surface area contributed by atoms with E-state index in [0.29, 0.717) is 11.3 Å². The highest BCUT2D eigenvalue weighted by Crippen LogP contribution is 2.28. The molecule has 0 atom stereocenters. The van der Waals surface area contributed by atoms with Crippen molar-refractivity contribution in [2.45, 2.75) is 0 Å². The smallest absolute Gasteiger partial charge is 0.342 e. The maximum absolute atomic E-state index is 12.5. The lowest BCUT2D eigenvalue weighted by atomic mass is 10.2. The minimum Gasteiger partial charge on any atom is -0.452 e. The molecule has 0 aliphatic rings. The van der Waals surface area contributed by atoms with E-state index >= 15 is 0 Å². The fraction of sp³-hybridized carbons (Fsp3) is 0.167. The number of benzene rings is 1. The summed E-state index contributed by atoms with van der Waals surface area (Å²) in [5, 5.41) is 6.46. The SMILES string of the molecule is CN(C)C(=O)COC(=O)c1cn(-c2ccccc2)nc1-c1cccs1. The van der Waals surface area contributed by atoms with Crippen molar-refractivity contribution in [3.8, 4) is 16.3 Å². The van der Waals surface area contributed by atoms with Gasteiger partial charge in [-0.15, -0.1) is 11.3 Å². The molecule has 0 saturated heterocycles. The Bertz CT molecular complexity index is 870. The van der Waals surface area contributed by atoms with Crippen molar-refractivity contribution in [2.75, 3.05) is 20.7 Å². The van der Waals surface area contributed by atoms with Gasteiger partial charge in [-0.3, -0.25) is 4.79 Å². The van der Waals surface area contributed by atoms with Gasteiger partial charge in [-0.1, -0.05) is 24.3 Å². The molecule has 1 aromatic carbocycles. The van der Waals surface area contributed by atoms with Gasteiger partial charge in [0.2, 0.25) is 0 Å². The predicted molar refractivity (Wildman–Crippen MR) is 95.9 cm³/mol. The summed E-state index contributed by atoms with van der Waals surface area (Å²) in [5.74, 6) is -0.845. The molecule has 7 heteroatoms. The van der Waals surface area contributed by atoms with Gasteiger partial charge in [0.05, 0.1) is 10.6 Å². The molecule has 2 aromatic heterocycles. The minimum absolute atomic E-state index is 0.276. The number of nitrogens with zero attached hydrogens (tertiary/aromatic N) is 3. The second kappa shape index (κ2) is 7.31. The highest BCUT2D eigenvalue weighted by atomic mass is 32.1. The number of carbonyl (C=O) groups is 2. The summed E-state index contributed by atoms with van der Waals surface area (Å²) in [6, 6.07) is 13.3. The van der Waals surface area contributed by atoms with E-state index in [1.54, 1.807) is 25.0 Å².